The molecule has 0 aliphatic carbocycles. The van der Waals surface area contributed by atoms with Gasteiger partial charge in [0.15, 0.2) is 0 Å². The van der Waals surface area contributed by atoms with E-state index in [2.05, 4.69) is 36.9 Å². The van der Waals surface area contributed by atoms with Crippen LogP contribution in [0.1, 0.15) is 26.3 Å². The van der Waals surface area contributed by atoms with Crippen molar-refractivity contribution >= 4 is 51.5 Å². The summed E-state index contributed by atoms with van der Waals surface area (Å²) in [6.45, 7) is 4.23. The second-order valence-electron chi connectivity index (χ2n) is 8.39. The predicted octanol–water partition coefficient (Wildman–Crippen LogP) is 4.00. The minimum Gasteiger partial charge on any atom is -0.331 e. The van der Waals surface area contributed by atoms with E-state index in [1.165, 1.54) is 27.1 Å². The molecular weight excluding hydrogens is 524 g/mol. The maximum Gasteiger partial charge on any atom is 0.242 e. The Morgan fingerprint density at radius 1 is 0.944 bits per heavy atom. The number of amides is 3. The van der Waals surface area contributed by atoms with Gasteiger partial charge in [-0.25, -0.2) is 9.98 Å². The summed E-state index contributed by atoms with van der Waals surface area (Å²) in [7, 11) is 1.72. The molecule has 3 N–H and O–H groups in total. The molecule has 0 atom stereocenters. The molecule has 0 bridgehead atoms. The lowest BCUT2D eigenvalue weighted by atomic mass is 9.92. The maximum absolute atomic E-state index is 12.2. The molecule has 0 saturated carbocycles. The molecule has 2 heterocycles. The molecule has 184 valence electrons. The normalized spacial score (nSPS) is 13.2. The molecule has 36 heavy (non-hydrogen) atoms. The number of fused-ring (bicyclic) bond motifs is 1. The van der Waals surface area contributed by atoms with Gasteiger partial charge in [0.1, 0.15) is 5.82 Å². The van der Waals surface area contributed by atoms with E-state index >= 15 is 0 Å². The minimum atomic E-state index is -1.55. The van der Waals surface area contributed by atoms with Gasteiger partial charge in [0.2, 0.25) is 23.5 Å². The molecule has 0 fully saturated rings. The molecule has 0 radical (unpaired) electrons. The average Bonchev–Trinajstić information content (AvgIpc) is 2.82. The number of nitrogens with zero attached hydrogens (tertiary/aromatic N) is 3. The highest BCUT2D eigenvalue weighted by molar-refractivity contribution is 9.10. The van der Waals surface area contributed by atoms with E-state index in [1.807, 2.05) is 54.6 Å². The van der Waals surface area contributed by atoms with E-state index in [9.17, 15) is 14.4 Å². The van der Waals surface area contributed by atoms with Gasteiger partial charge in [-0.05, 0) is 41.5 Å². The Hall–Kier alpha value is -4.05. The molecular formula is C26H25BrN6O3. The molecule has 0 spiro atoms. The minimum absolute atomic E-state index is 0.0673. The third kappa shape index (κ3) is 4.99. The first-order valence-corrected chi connectivity index (χ1v) is 11.9. The largest absolute Gasteiger partial charge is 0.331 e. The summed E-state index contributed by atoms with van der Waals surface area (Å²) in [4.78, 5) is 47.0. The lowest BCUT2D eigenvalue weighted by molar-refractivity contribution is -0.125. The Morgan fingerprint density at radius 3 is 2.19 bits per heavy atom. The fraction of sp³-hybridized carbons (Fsp3) is 0.192. The quantitative estimate of drug-likeness (QED) is 0.417. The molecule has 0 unspecified atom stereocenters. The summed E-state index contributed by atoms with van der Waals surface area (Å²) in [5, 5.41) is 8.67. The Balaban J connectivity index is 1.95. The fourth-order valence-electron chi connectivity index (χ4n) is 4.07. The topological polar surface area (TPSA) is 116 Å². The number of aromatic nitrogens is 1. The fourth-order valence-corrected chi connectivity index (χ4v) is 4.47. The molecule has 3 amide bonds. The number of halogens is 1. The standard InChI is InChI=1S/C26H25BrN6O3/c1-15(34)31-26(32-16(2)35)24-22(19-6-5-7-20(27)12-19)13-23(30-25(24)28-14-29-26)18-8-10-21(11-9-18)33(4)17(3)36/h5-14H,1-4H3,(H,31,34)(H,32,35)(H,28,29,30). The average molecular weight is 549 g/mol. The van der Waals surface area contributed by atoms with E-state index in [-0.39, 0.29) is 17.7 Å². The second kappa shape index (κ2) is 9.90. The van der Waals surface area contributed by atoms with Crippen LogP contribution in [-0.4, -0.2) is 36.1 Å². The number of benzene rings is 2. The van der Waals surface area contributed by atoms with Crippen LogP contribution in [-0.2, 0) is 20.2 Å². The molecule has 1 aliphatic heterocycles. The lowest BCUT2D eigenvalue weighted by Crippen LogP contribution is -2.57. The highest BCUT2D eigenvalue weighted by Gasteiger charge is 2.41. The van der Waals surface area contributed by atoms with Crippen LogP contribution in [0, 0.1) is 0 Å². The van der Waals surface area contributed by atoms with Gasteiger partial charge in [0, 0.05) is 43.5 Å². The van der Waals surface area contributed by atoms with Crippen molar-refractivity contribution in [2.45, 2.75) is 26.6 Å². The van der Waals surface area contributed by atoms with Crippen LogP contribution in [0.5, 0.6) is 0 Å². The summed E-state index contributed by atoms with van der Waals surface area (Å²) in [6.07, 6.45) is 1.40. The van der Waals surface area contributed by atoms with Gasteiger partial charge in [-0.3, -0.25) is 14.4 Å². The van der Waals surface area contributed by atoms with Crippen LogP contribution in [0.2, 0.25) is 0 Å². The van der Waals surface area contributed by atoms with Gasteiger partial charge >= 0.3 is 0 Å². The molecule has 10 heteroatoms. The zero-order valence-electron chi connectivity index (χ0n) is 20.2. The number of aliphatic imine (C=N–C) groups is 1. The monoisotopic (exact) mass is 548 g/mol. The number of anilines is 2. The number of carbonyl (C=O) groups is 3. The molecule has 1 aliphatic rings. The van der Waals surface area contributed by atoms with Crippen molar-refractivity contribution in [2.75, 3.05) is 17.3 Å². The zero-order valence-corrected chi connectivity index (χ0v) is 21.8. The van der Waals surface area contributed by atoms with E-state index in [1.54, 1.807) is 11.9 Å². The predicted molar refractivity (Wildman–Crippen MR) is 143 cm³/mol. The van der Waals surface area contributed by atoms with Gasteiger partial charge in [-0.1, -0.05) is 40.2 Å². The molecule has 9 nitrogen and oxygen atoms in total. The highest BCUT2D eigenvalue weighted by atomic mass is 79.9. The summed E-state index contributed by atoms with van der Waals surface area (Å²) in [5.74, 6) is -1.92. The van der Waals surface area contributed by atoms with Gasteiger partial charge in [-0.15, -0.1) is 0 Å². The van der Waals surface area contributed by atoms with Crippen LogP contribution >= 0.6 is 15.9 Å². The number of pyridine rings is 1. The van der Waals surface area contributed by atoms with Crippen LogP contribution in [0.4, 0.5) is 11.5 Å². The van der Waals surface area contributed by atoms with E-state index in [0.29, 0.717) is 22.6 Å². The summed E-state index contributed by atoms with van der Waals surface area (Å²) in [5.41, 5.74) is 4.29. The molecule has 4 rings (SSSR count). The molecule has 0 saturated heterocycles. The Labute approximate surface area is 217 Å². The number of nitrogens with one attached hydrogen (secondary N) is 3. The Morgan fingerprint density at radius 2 is 1.61 bits per heavy atom. The van der Waals surface area contributed by atoms with Crippen molar-refractivity contribution in [3.05, 3.63) is 64.6 Å². The van der Waals surface area contributed by atoms with Crippen molar-refractivity contribution in [1.29, 1.82) is 0 Å². The van der Waals surface area contributed by atoms with Crippen molar-refractivity contribution in [1.82, 2.24) is 15.6 Å². The smallest absolute Gasteiger partial charge is 0.242 e. The zero-order chi connectivity index (χ0) is 26.0. The lowest BCUT2D eigenvalue weighted by Gasteiger charge is -2.36. The Bertz CT molecular complexity index is 1370. The number of hydrogen-bond acceptors (Lipinski definition) is 6. The first-order valence-electron chi connectivity index (χ1n) is 11.1. The second-order valence-corrected chi connectivity index (χ2v) is 9.30. The maximum atomic E-state index is 12.2. The Kier molecular flexibility index (Phi) is 6.89. The highest BCUT2D eigenvalue weighted by Crippen LogP contribution is 2.41. The third-order valence-corrected chi connectivity index (χ3v) is 6.21. The number of carbonyl (C=O) groups excluding carboxylic acids is 3. The van der Waals surface area contributed by atoms with E-state index in [4.69, 9.17) is 4.98 Å². The number of rotatable bonds is 5. The SMILES string of the molecule is CC(=O)NC1(NC(C)=O)N=CNc2nc(-c3ccc(N(C)C(C)=O)cc3)cc(-c3cccc(Br)c3)c21. The molecule has 3 aromatic rings. The molecule has 2 aromatic carbocycles. The summed E-state index contributed by atoms with van der Waals surface area (Å²) < 4.78 is 0.862. The first-order chi connectivity index (χ1) is 17.1. The summed E-state index contributed by atoms with van der Waals surface area (Å²) in [6, 6.07) is 17.1. The number of hydrogen-bond donors (Lipinski definition) is 3. The van der Waals surface area contributed by atoms with E-state index in [0.717, 1.165) is 21.3 Å². The van der Waals surface area contributed by atoms with Crippen molar-refractivity contribution in [2.24, 2.45) is 4.99 Å². The van der Waals surface area contributed by atoms with Gasteiger partial charge < -0.3 is 20.9 Å². The van der Waals surface area contributed by atoms with Crippen LogP contribution in [0.3, 0.4) is 0 Å². The molecule has 1 aromatic heterocycles. The van der Waals surface area contributed by atoms with E-state index < -0.39 is 5.79 Å². The van der Waals surface area contributed by atoms with Crippen LogP contribution < -0.4 is 20.9 Å². The van der Waals surface area contributed by atoms with Gasteiger partial charge in [0.25, 0.3) is 0 Å². The van der Waals surface area contributed by atoms with Crippen molar-refractivity contribution in [3.63, 3.8) is 0 Å². The first kappa shape index (κ1) is 25.1. The van der Waals surface area contributed by atoms with Gasteiger partial charge in [-0.2, -0.15) is 0 Å². The van der Waals surface area contributed by atoms with Gasteiger partial charge in [0.05, 0.1) is 17.6 Å². The summed E-state index contributed by atoms with van der Waals surface area (Å²) >= 11 is 3.53. The third-order valence-electron chi connectivity index (χ3n) is 5.71. The van der Waals surface area contributed by atoms with Crippen molar-refractivity contribution in [3.8, 4) is 22.4 Å². The van der Waals surface area contributed by atoms with Crippen LogP contribution in [0.15, 0.2) is 64.1 Å². The van der Waals surface area contributed by atoms with Crippen molar-refractivity contribution < 1.29 is 14.4 Å². The van der Waals surface area contributed by atoms with Crippen LogP contribution in [0.25, 0.3) is 22.4 Å².